The molecule has 0 bridgehead atoms. The Morgan fingerprint density at radius 1 is 0.535 bits per heavy atom. The van der Waals surface area contributed by atoms with Crippen molar-refractivity contribution < 1.29 is 49.3 Å². The number of carbonyl (C=O) groups is 2. The third kappa shape index (κ3) is 37.3. The van der Waals surface area contributed by atoms with Crippen molar-refractivity contribution in [2.75, 3.05) is 13.2 Å². The maximum Gasteiger partial charge on any atom is 0.306 e. The lowest BCUT2D eigenvalue weighted by atomic mass is 9.99. The average molecular weight is 1010 g/mol. The van der Waals surface area contributed by atoms with E-state index in [0.717, 1.165) is 77.0 Å². The molecule has 71 heavy (non-hydrogen) atoms. The zero-order chi connectivity index (χ0) is 51.8. The Labute approximate surface area is 434 Å². The van der Waals surface area contributed by atoms with Gasteiger partial charge in [-0.1, -0.05) is 224 Å². The molecule has 6 N–H and O–H groups in total. The van der Waals surface area contributed by atoms with E-state index >= 15 is 0 Å². The summed E-state index contributed by atoms with van der Waals surface area (Å²) in [5.41, 5.74) is 0. The molecular formula is C60H111NO10. The normalized spacial score (nSPS) is 19.8. The van der Waals surface area contributed by atoms with Gasteiger partial charge < -0.3 is 45.1 Å². The van der Waals surface area contributed by atoms with Gasteiger partial charge in [-0.05, 0) is 77.0 Å². The minimum Gasteiger partial charge on any atom is -0.454 e. The molecule has 0 aromatic carbocycles. The molecule has 11 nitrogen and oxygen atoms in total. The van der Waals surface area contributed by atoms with Crippen molar-refractivity contribution in [2.24, 2.45) is 0 Å². The third-order valence-corrected chi connectivity index (χ3v) is 14.0. The molecule has 8 unspecified atom stereocenters. The highest BCUT2D eigenvalue weighted by Gasteiger charge is 2.47. The monoisotopic (exact) mass is 1010 g/mol. The van der Waals surface area contributed by atoms with Crippen LogP contribution in [0.5, 0.6) is 0 Å². The highest BCUT2D eigenvalue weighted by Crippen LogP contribution is 2.26. The molecule has 0 radical (unpaired) electrons. The van der Waals surface area contributed by atoms with Crippen molar-refractivity contribution in [1.82, 2.24) is 5.32 Å². The van der Waals surface area contributed by atoms with E-state index in [1.807, 2.05) is 6.08 Å². The summed E-state index contributed by atoms with van der Waals surface area (Å²) >= 11 is 0. The van der Waals surface area contributed by atoms with Crippen LogP contribution in [0, 0.1) is 0 Å². The van der Waals surface area contributed by atoms with E-state index in [1.165, 1.54) is 148 Å². The molecule has 0 aliphatic carbocycles. The van der Waals surface area contributed by atoms with Gasteiger partial charge in [-0.3, -0.25) is 9.59 Å². The van der Waals surface area contributed by atoms with E-state index in [0.29, 0.717) is 12.8 Å². The minimum absolute atomic E-state index is 0.104. The number of aliphatic hydroxyl groups is 5. The quantitative estimate of drug-likeness (QED) is 0.0195. The summed E-state index contributed by atoms with van der Waals surface area (Å²) < 4.78 is 17.6. The second-order valence-corrected chi connectivity index (χ2v) is 20.7. The van der Waals surface area contributed by atoms with Crippen LogP contribution in [-0.2, 0) is 23.8 Å². The maximum absolute atomic E-state index is 13.4. The molecule has 1 aliphatic rings. The van der Waals surface area contributed by atoms with Crippen LogP contribution < -0.4 is 5.32 Å². The molecule has 1 fully saturated rings. The molecule has 1 aliphatic heterocycles. The number of allylic oxidation sites excluding steroid dienone is 5. The number of carbonyl (C=O) groups excluding carboxylic acids is 2. The van der Waals surface area contributed by atoms with Gasteiger partial charge in [0.15, 0.2) is 12.4 Å². The first-order valence-corrected chi connectivity index (χ1v) is 29.8. The van der Waals surface area contributed by atoms with Crippen LogP contribution in [0.3, 0.4) is 0 Å². The van der Waals surface area contributed by atoms with Gasteiger partial charge in [0.05, 0.1) is 25.4 Å². The average Bonchev–Trinajstić information content (AvgIpc) is 3.37. The van der Waals surface area contributed by atoms with Crippen LogP contribution in [0.1, 0.15) is 271 Å². The van der Waals surface area contributed by atoms with E-state index in [4.69, 9.17) is 14.2 Å². The molecule has 1 saturated heterocycles. The molecule has 0 aromatic rings. The molecule has 1 heterocycles. The summed E-state index contributed by atoms with van der Waals surface area (Å²) in [4.78, 5) is 26.5. The molecular weight excluding hydrogens is 895 g/mol. The number of esters is 1. The predicted molar refractivity (Wildman–Crippen MR) is 292 cm³/mol. The van der Waals surface area contributed by atoms with Crippen molar-refractivity contribution >= 4 is 11.9 Å². The summed E-state index contributed by atoms with van der Waals surface area (Å²) in [6.07, 6.45) is 46.1. The van der Waals surface area contributed by atoms with Crippen LogP contribution in [-0.4, -0.2) is 99.6 Å². The third-order valence-electron chi connectivity index (χ3n) is 14.0. The molecule has 11 heteroatoms. The highest BCUT2D eigenvalue weighted by molar-refractivity contribution is 5.80. The Bertz CT molecular complexity index is 1290. The smallest absolute Gasteiger partial charge is 0.306 e. The topological polar surface area (TPSA) is 175 Å². The Kier molecular flexibility index (Phi) is 46.0. The lowest BCUT2D eigenvalue weighted by Gasteiger charge is -2.41. The van der Waals surface area contributed by atoms with Gasteiger partial charge in [0.2, 0.25) is 5.91 Å². The molecule has 1 rings (SSSR count). The first-order chi connectivity index (χ1) is 34.7. The van der Waals surface area contributed by atoms with Crippen LogP contribution in [0.25, 0.3) is 0 Å². The molecule has 0 spiro atoms. The van der Waals surface area contributed by atoms with Crippen LogP contribution in [0.2, 0.25) is 0 Å². The number of hydrogen-bond acceptors (Lipinski definition) is 10. The first kappa shape index (κ1) is 66.9. The maximum atomic E-state index is 13.4. The Hall–Kier alpha value is -2.12. The standard InChI is InChI=1S/C60H111NO10/c1-4-7-10-13-16-19-22-25-26-27-30-32-35-38-41-44-47-53(64)59(68)61-51(52(63)46-43-40-37-34-31-28-23-20-17-14-11-8-5-2)50-69-60-58(57(67)56(66)54(49-62)70-60)71-55(65)48-45-42-39-36-33-29-24-21-18-15-12-9-6-3/h25-26,29,33,43,46,51-54,56-58,60,62-64,66-67H,4-24,27-28,30-32,34-42,44-45,47-50H2,1-3H3,(H,61,68)/b26-25+,33-29-,46-43+. The summed E-state index contributed by atoms with van der Waals surface area (Å²) in [5, 5.41) is 56.8. The van der Waals surface area contributed by atoms with Crippen molar-refractivity contribution in [1.29, 1.82) is 0 Å². The van der Waals surface area contributed by atoms with Crippen molar-refractivity contribution in [3.8, 4) is 0 Å². The Morgan fingerprint density at radius 3 is 1.37 bits per heavy atom. The van der Waals surface area contributed by atoms with Crippen LogP contribution in [0.4, 0.5) is 0 Å². The Balaban J connectivity index is 2.74. The number of unbranched alkanes of at least 4 members (excludes halogenated alkanes) is 32. The second kappa shape index (κ2) is 48.8. The number of aliphatic hydroxyl groups excluding tert-OH is 5. The SMILES string of the molecule is CCCCCCCC/C=C\CCCCCC(=O)OC1C(OCC(NC(=O)C(O)CCCCCCCC/C=C/CCCCCCCC)C(O)/C=C/CCCCCCCCCCCCC)OC(CO)C(O)C1O. The zero-order valence-corrected chi connectivity index (χ0v) is 45.9. The van der Waals surface area contributed by atoms with E-state index in [9.17, 15) is 35.1 Å². The molecule has 8 atom stereocenters. The molecule has 0 aromatic heterocycles. The zero-order valence-electron chi connectivity index (χ0n) is 45.9. The van der Waals surface area contributed by atoms with E-state index in [1.54, 1.807) is 6.08 Å². The fourth-order valence-electron chi connectivity index (χ4n) is 9.23. The Morgan fingerprint density at radius 2 is 0.930 bits per heavy atom. The van der Waals surface area contributed by atoms with Gasteiger partial charge >= 0.3 is 5.97 Å². The van der Waals surface area contributed by atoms with Gasteiger partial charge in [0.1, 0.15) is 24.4 Å². The van der Waals surface area contributed by atoms with Crippen LogP contribution >= 0.6 is 0 Å². The van der Waals surface area contributed by atoms with Gasteiger partial charge in [0, 0.05) is 6.42 Å². The van der Waals surface area contributed by atoms with E-state index < -0.39 is 67.4 Å². The molecule has 0 saturated carbocycles. The van der Waals surface area contributed by atoms with Gasteiger partial charge in [-0.25, -0.2) is 0 Å². The first-order valence-electron chi connectivity index (χ1n) is 29.8. The summed E-state index contributed by atoms with van der Waals surface area (Å²) in [6, 6.07) is -1.03. The van der Waals surface area contributed by atoms with Gasteiger partial charge in [-0.15, -0.1) is 0 Å². The highest BCUT2D eigenvalue weighted by atomic mass is 16.7. The predicted octanol–water partition coefficient (Wildman–Crippen LogP) is 13.5. The largest absolute Gasteiger partial charge is 0.454 e. The minimum atomic E-state index is -1.62. The lowest BCUT2D eigenvalue weighted by Crippen LogP contribution is -2.61. The van der Waals surface area contributed by atoms with Gasteiger partial charge in [0.25, 0.3) is 0 Å². The van der Waals surface area contributed by atoms with E-state index in [-0.39, 0.29) is 19.4 Å². The number of rotatable bonds is 50. The number of nitrogens with one attached hydrogen (secondary N) is 1. The molecule has 416 valence electrons. The summed E-state index contributed by atoms with van der Waals surface area (Å²) in [5.74, 6) is -1.21. The van der Waals surface area contributed by atoms with Crippen molar-refractivity contribution in [3.05, 3.63) is 36.5 Å². The number of hydrogen-bond donors (Lipinski definition) is 6. The van der Waals surface area contributed by atoms with E-state index in [2.05, 4.69) is 50.4 Å². The van der Waals surface area contributed by atoms with Gasteiger partial charge in [-0.2, -0.15) is 0 Å². The lowest BCUT2D eigenvalue weighted by molar-refractivity contribution is -0.305. The van der Waals surface area contributed by atoms with Crippen LogP contribution in [0.15, 0.2) is 36.5 Å². The fourth-order valence-corrected chi connectivity index (χ4v) is 9.23. The second-order valence-electron chi connectivity index (χ2n) is 20.7. The molecule has 1 amide bonds. The number of ether oxygens (including phenoxy) is 3. The fraction of sp³-hybridized carbons (Fsp3) is 0.867. The number of amides is 1. The summed E-state index contributed by atoms with van der Waals surface area (Å²) in [7, 11) is 0. The summed E-state index contributed by atoms with van der Waals surface area (Å²) in [6.45, 7) is 5.77. The van der Waals surface area contributed by atoms with Crippen molar-refractivity contribution in [2.45, 2.75) is 320 Å². The van der Waals surface area contributed by atoms with Crippen molar-refractivity contribution in [3.63, 3.8) is 0 Å².